The van der Waals surface area contributed by atoms with Crippen molar-refractivity contribution < 1.29 is 23.2 Å². The first-order chi connectivity index (χ1) is 11.9. The van der Waals surface area contributed by atoms with Crippen molar-refractivity contribution in [3.05, 3.63) is 28.9 Å². The van der Waals surface area contributed by atoms with Gasteiger partial charge in [0.15, 0.2) is 11.6 Å². The van der Waals surface area contributed by atoms with Gasteiger partial charge in [-0.25, -0.2) is 9.18 Å². The number of aromatic amines is 1. The maximum atomic E-state index is 15.2. The Bertz CT molecular complexity index is 955. The van der Waals surface area contributed by atoms with E-state index in [1.165, 1.54) is 7.11 Å². The van der Waals surface area contributed by atoms with Crippen molar-refractivity contribution in [1.29, 1.82) is 0 Å². The van der Waals surface area contributed by atoms with E-state index in [-0.39, 0.29) is 29.1 Å². The Hall–Kier alpha value is -3.03. The van der Waals surface area contributed by atoms with Crippen LogP contribution in [0.1, 0.15) is 28.7 Å². The van der Waals surface area contributed by atoms with Crippen LogP contribution in [0, 0.1) is 19.7 Å². The first kappa shape index (κ1) is 16.8. The number of esters is 1. The monoisotopic (exact) mass is 347 g/mol. The quantitative estimate of drug-likeness (QED) is 0.702. The van der Waals surface area contributed by atoms with E-state index >= 15 is 4.39 Å². The van der Waals surface area contributed by atoms with Crippen LogP contribution >= 0.6 is 0 Å². The zero-order valence-electron chi connectivity index (χ0n) is 14.3. The van der Waals surface area contributed by atoms with Crippen molar-refractivity contribution in [2.75, 3.05) is 19.5 Å². The molecule has 0 aliphatic heterocycles. The predicted molar refractivity (Wildman–Crippen MR) is 90.1 cm³/mol. The summed E-state index contributed by atoms with van der Waals surface area (Å²) in [5.41, 5.74) is 7.87. The fourth-order valence-corrected chi connectivity index (χ4v) is 2.99. The molecule has 0 spiro atoms. The van der Waals surface area contributed by atoms with Crippen LogP contribution in [0.15, 0.2) is 10.6 Å². The first-order valence-electron chi connectivity index (χ1n) is 7.68. The number of benzene rings is 1. The number of rotatable bonds is 4. The average Bonchev–Trinajstić information content (AvgIpc) is 3.06. The SMILES string of the molecule is CCOC(=O)c1c(N)[nH]c2cc(-c3c(C)noc3C)c(OC)c(F)c12. The van der Waals surface area contributed by atoms with E-state index in [0.29, 0.717) is 28.1 Å². The fourth-order valence-electron chi connectivity index (χ4n) is 2.99. The summed E-state index contributed by atoms with van der Waals surface area (Å²) in [6.07, 6.45) is 0. The van der Waals surface area contributed by atoms with Gasteiger partial charge in [-0.2, -0.15) is 0 Å². The average molecular weight is 347 g/mol. The Kier molecular flexibility index (Phi) is 4.12. The van der Waals surface area contributed by atoms with Crippen LogP contribution < -0.4 is 10.5 Å². The summed E-state index contributed by atoms with van der Waals surface area (Å²) in [5.74, 6) is -0.861. The molecule has 0 aliphatic carbocycles. The third kappa shape index (κ3) is 2.50. The molecule has 0 saturated carbocycles. The molecule has 0 atom stereocenters. The summed E-state index contributed by atoms with van der Waals surface area (Å²) in [6.45, 7) is 5.29. The van der Waals surface area contributed by atoms with Gasteiger partial charge in [-0.1, -0.05) is 5.16 Å². The van der Waals surface area contributed by atoms with Crippen molar-refractivity contribution in [2.24, 2.45) is 0 Å². The summed E-state index contributed by atoms with van der Waals surface area (Å²) in [6, 6.07) is 1.66. The molecule has 132 valence electrons. The molecule has 0 amide bonds. The maximum Gasteiger partial charge on any atom is 0.342 e. The number of anilines is 1. The first-order valence-corrected chi connectivity index (χ1v) is 7.68. The van der Waals surface area contributed by atoms with E-state index in [1.54, 1.807) is 26.8 Å². The zero-order valence-corrected chi connectivity index (χ0v) is 14.3. The van der Waals surface area contributed by atoms with Crippen LogP contribution in [0.3, 0.4) is 0 Å². The highest BCUT2D eigenvalue weighted by Gasteiger charge is 2.27. The smallest absolute Gasteiger partial charge is 0.342 e. The standard InChI is InChI=1S/C17H18FN3O4/c1-5-24-17(22)13-12-10(20-16(13)19)6-9(15(23-4)14(12)18)11-7(2)21-25-8(11)3/h6,20H,5,19H2,1-4H3. The number of hydrogen-bond acceptors (Lipinski definition) is 6. The number of nitrogen functional groups attached to an aromatic ring is 1. The number of aromatic nitrogens is 2. The van der Waals surface area contributed by atoms with Gasteiger partial charge in [-0.15, -0.1) is 0 Å². The number of nitrogens with one attached hydrogen (secondary N) is 1. The van der Waals surface area contributed by atoms with Crippen LogP contribution in [0.4, 0.5) is 10.2 Å². The number of nitrogens with zero attached hydrogens (tertiary/aromatic N) is 1. The molecule has 8 heteroatoms. The van der Waals surface area contributed by atoms with Gasteiger partial charge < -0.3 is 24.7 Å². The van der Waals surface area contributed by atoms with Gasteiger partial charge in [-0.3, -0.25) is 0 Å². The molecule has 0 aliphatic rings. The van der Waals surface area contributed by atoms with E-state index < -0.39 is 11.8 Å². The molecule has 0 radical (unpaired) electrons. The summed E-state index contributed by atoms with van der Waals surface area (Å²) in [5, 5.41) is 3.92. The molecule has 0 fully saturated rings. The lowest BCUT2D eigenvalue weighted by molar-refractivity contribution is 0.0529. The number of carbonyl (C=O) groups is 1. The Morgan fingerprint density at radius 1 is 1.44 bits per heavy atom. The van der Waals surface area contributed by atoms with Crippen LogP contribution in [0.2, 0.25) is 0 Å². The number of aryl methyl sites for hydroxylation is 2. The van der Waals surface area contributed by atoms with Crippen molar-refractivity contribution in [3.63, 3.8) is 0 Å². The number of hydrogen-bond donors (Lipinski definition) is 2. The number of halogens is 1. The van der Waals surface area contributed by atoms with E-state index in [4.69, 9.17) is 19.7 Å². The second-order valence-corrected chi connectivity index (χ2v) is 5.53. The van der Waals surface area contributed by atoms with E-state index in [0.717, 1.165) is 0 Å². The second kappa shape index (κ2) is 6.12. The molecule has 0 bridgehead atoms. The van der Waals surface area contributed by atoms with Gasteiger partial charge >= 0.3 is 5.97 Å². The van der Waals surface area contributed by atoms with Gasteiger partial charge in [0.2, 0.25) is 0 Å². The third-order valence-electron chi connectivity index (χ3n) is 4.00. The lowest BCUT2D eigenvalue weighted by atomic mass is 10.00. The van der Waals surface area contributed by atoms with Gasteiger partial charge in [0.25, 0.3) is 0 Å². The van der Waals surface area contributed by atoms with E-state index in [9.17, 15) is 4.79 Å². The van der Waals surface area contributed by atoms with Crippen molar-refractivity contribution in [3.8, 4) is 16.9 Å². The number of fused-ring (bicyclic) bond motifs is 1. The predicted octanol–water partition coefficient (Wildman–Crippen LogP) is 3.35. The second-order valence-electron chi connectivity index (χ2n) is 5.53. The molecular formula is C17H18FN3O4. The molecule has 0 saturated heterocycles. The topological polar surface area (TPSA) is 103 Å². The Morgan fingerprint density at radius 2 is 2.16 bits per heavy atom. The molecule has 1 aromatic carbocycles. The van der Waals surface area contributed by atoms with E-state index in [2.05, 4.69) is 10.1 Å². The van der Waals surface area contributed by atoms with Gasteiger partial charge in [-0.05, 0) is 26.8 Å². The minimum absolute atomic E-state index is 0.0218. The molecule has 2 aromatic heterocycles. The number of methoxy groups -OCH3 is 1. The fraction of sp³-hybridized carbons (Fsp3) is 0.294. The molecule has 0 unspecified atom stereocenters. The van der Waals surface area contributed by atoms with Crippen LogP contribution in [-0.2, 0) is 4.74 Å². The normalized spacial score (nSPS) is 11.1. The molecule has 3 rings (SSSR count). The summed E-state index contributed by atoms with van der Waals surface area (Å²) >= 11 is 0. The molecule has 7 nitrogen and oxygen atoms in total. The van der Waals surface area contributed by atoms with E-state index in [1.807, 2.05) is 0 Å². The van der Waals surface area contributed by atoms with Gasteiger partial charge in [0, 0.05) is 5.56 Å². The van der Waals surface area contributed by atoms with Gasteiger partial charge in [0.1, 0.15) is 17.1 Å². The number of nitrogens with two attached hydrogens (primary N) is 1. The summed E-state index contributed by atoms with van der Waals surface area (Å²) in [4.78, 5) is 15.0. The summed E-state index contributed by atoms with van der Waals surface area (Å²) < 4.78 is 30.6. The van der Waals surface area contributed by atoms with Crippen LogP contribution in [-0.4, -0.2) is 29.8 Å². The largest absolute Gasteiger partial charge is 0.493 e. The summed E-state index contributed by atoms with van der Waals surface area (Å²) in [7, 11) is 1.35. The lowest BCUT2D eigenvalue weighted by Gasteiger charge is -2.11. The van der Waals surface area contributed by atoms with Gasteiger partial charge in [0.05, 0.1) is 35.9 Å². The molecule has 3 aromatic rings. The Morgan fingerprint density at radius 3 is 2.72 bits per heavy atom. The zero-order chi connectivity index (χ0) is 18.3. The molecule has 3 N–H and O–H groups in total. The molecule has 2 heterocycles. The number of H-pyrrole nitrogens is 1. The lowest BCUT2D eigenvalue weighted by Crippen LogP contribution is -2.07. The van der Waals surface area contributed by atoms with Crippen LogP contribution in [0.25, 0.3) is 22.0 Å². The van der Waals surface area contributed by atoms with Crippen molar-refractivity contribution in [1.82, 2.24) is 10.1 Å². The highest BCUT2D eigenvalue weighted by atomic mass is 19.1. The number of carbonyl (C=O) groups excluding carboxylic acids is 1. The minimum Gasteiger partial charge on any atom is -0.493 e. The molecular weight excluding hydrogens is 329 g/mol. The van der Waals surface area contributed by atoms with Crippen LogP contribution in [0.5, 0.6) is 5.75 Å². The minimum atomic E-state index is -0.703. The highest BCUT2D eigenvalue weighted by molar-refractivity contribution is 6.10. The Labute approximate surface area is 142 Å². The third-order valence-corrected chi connectivity index (χ3v) is 4.00. The van der Waals surface area contributed by atoms with Crippen molar-refractivity contribution >= 4 is 22.7 Å². The Balaban J connectivity index is 2.36. The van der Waals surface area contributed by atoms with Crippen molar-refractivity contribution in [2.45, 2.75) is 20.8 Å². The highest BCUT2D eigenvalue weighted by Crippen LogP contribution is 2.42. The number of ether oxygens (including phenoxy) is 2. The maximum absolute atomic E-state index is 15.2. The molecule has 25 heavy (non-hydrogen) atoms.